The second-order valence-electron chi connectivity index (χ2n) is 4.65. The Morgan fingerprint density at radius 2 is 1.95 bits per heavy atom. The van der Waals surface area contributed by atoms with Gasteiger partial charge in [0, 0.05) is 13.1 Å². The molecule has 1 saturated heterocycles. The summed E-state index contributed by atoms with van der Waals surface area (Å²) in [7, 11) is -2.90. The second-order valence-corrected chi connectivity index (χ2v) is 6.96. The third kappa shape index (κ3) is 4.24. The summed E-state index contributed by atoms with van der Waals surface area (Å²) < 4.78 is 23.0. The highest BCUT2D eigenvalue weighted by molar-refractivity contribution is 7.91. The molecule has 0 spiro atoms. The summed E-state index contributed by atoms with van der Waals surface area (Å²) >= 11 is 0. The van der Waals surface area contributed by atoms with E-state index in [0.717, 1.165) is 5.56 Å². The van der Waals surface area contributed by atoms with Crippen LogP contribution in [0.4, 0.5) is 0 Å². The fraction of sp³-hybridized carbons (Fsp3) is 0.462. The molecule has 1 heterocycles. The van der Waals surface area contributed by atoms with Crippen LogP contribution in [0.15, 0.2) is 35.3 Å². The van der Waals surface area contributed by atoms with Crippen LogP contribution < -0.4 is 5.73 Å². The molecule has 104 valence electrons. The molecule has 0 saturated carbocycles. The number of hydrogen-bond donors (Lipinski definition) is 1. The van der Waals surface area contributed by atoms with Crippen LogP contribution in [-0.4, -0.2) is 43.9 Å². The summed E-state index contributed by atoms with van der Waals surface area (Å²) in [6.45, 7) is 1.62. The van der Waals surface area contributed by atoms with Crippen molar-refractivity contribution in [1.29, 1.82) is 0 Å². The van der Waals surface area contributed by atoms with Gasteiger partial charge in [0.05, 0.1) is 18.1 Å². The molecule has 6 heteroatoms. The van der Waals surface area contributed by atoms with Crippen LogP contribution in [0.5, 0.6) is 0 Å². The quantitative estimate of drug-likeness (QED) is 0.637. The van der Waals surface area contributed by atoms with E-state index in [-0.39, 0.29) is 11.5 Å². The van der Waals surface area contributed by atoms with Gasteiger partial charge in [0.25, 0.3) is 0 Å². The van der Waals surface area contributed by atoms with Crippen LogP contribution >= 0.6 is 0 Å². The Labute approximate surface area is 114 Å². The molecule has 1 aromatic carbocycles. The summed E-state index contributed by atoms with van der Waals surface area (Å²) in [6, 6.07) is 9.85. The Morgan fingerprint density at radius 1 is 1.21 bits per heavy atom. The van der Waals surface area contributed by atoms with Crippen molar-refractivity contribution in [1.82, 2.24) is 4.90 Å². The standard InChI is InChI=1S/C13H19N3O2S/c14-13(15-11-12-5-2-1-3-6-12)16-7-4-9-19(17,18)10-8-16/h1-3,5-6H,4,7-11H2,(H2,14,15). The van der Waals surface area contributed by atoms with Crippen molar-refractivity contribution in [3.63, 3.8) is 0 Å². The minimum atomic E-state index is -2.90. The molecule has 0 atom stereocenters. The molecule has 0 aromatic heterocycles. The molecular formula is C13H19N3O2S. The second kappa shape index (κ2) is 6.06. The molecular weight excluding hydrogens is 262 g/mol. The lowest BCUT2D eigenvalue weighted by Gasteiger charge is -2.20. The maximum absolute atomic E-state index is 11.5. The van der Waals surface area contributed by atoms with E-state index in [1.165, 1.54) is 0 Å². The number of sulfone groups is 1. The highest BCUT2D eigenvalue weighted by Gasteiger charge is 2.19. The van der Waals surface area contributed by atoms with E-state index in [4.69, 9.17) is 5.73 Å². The van der Waals surface area contributed by atoms with E-state index in [9.17, 15) is 8.42 Å². The first-order valence-electron chi connectivity index (χ1n) is 6.36. The van der Waals surface area contributed by atoms with E-state index in [2.05, 4.69) is 4.99 Å². The van der Waals surface area contributed by atoms with Crippen LogP contribution in [0, 0.1) is 0 Å². The molecule has 1 fully saturated rings. The van der Waals surface area contributed by atoms with Gasteiger partial charge in [-0.2, -0.15) is 0 Å². The molecule has 0 bridgehead atoms. The molecule has 1 aromatic rings. The van der Waals surface area contributed by atoms with Crippen molar-refractivity contribution >= 4 is 15.8 Å². The van der Waals surface area contributed by atoms with Crippen molar-refractivity contribution in [3.05, 3.63) is 35.9 Å². The SMILES string of the molecule is NC(=NCc1ccccc1)N1CCCS(=O)(=O)CC1. The number of rotatable bonds is 2. The van der Waals surface area contributed by atoms with Gasteiger partial charge in [-0.1, -0.05) is 30.3 Å². The number of nitrogens with zero attached hydrogens (tertiary/aromatic N) is 2. The normalized spacial score (nSPS) is 20.0. The summed E-state index contributed by atoms with van der Waals surface area (Å²) in [5.41, 5.74) is 7.03. The number of aliphatic imine (C=N–C) groups is 1. The van der Waals surface area contributed by atoms with Crippen LogP contribution in [0.3, 0.4) is 0 Å². The lowest BCUT2D eigenvalue weighted by atomic mass is 10.2. The summed E-state index contributed by atoms with van der Waals surface area (Å²) in [5, 5.41) is 0. The molecule has 19 heavy (non-hydrogen) atoms. The number of nitrogens with two attached hydrogens (primary N) is 1. The Balaban J connectivity index is 1.97. The number of hydrogen-bond acceptors (Lipinski definition) is 3. The van der Waals surface area contributed by atoms with Gasteiger partial charge in [0.15, 0.2) is 15.8 Å². The summed E-state index contributed by atoms with van der Waals surface area (Å²) in [4.78, 5) is 6.19. The fourth-order valence-corrected chi connectivity index (χ4v) is 3.29. The third-order valence-electron chi connectivity index (χ3n) is 3.15. The average Bonchev–Trinajstić information content (AvgIpc) is 2.58. The van der Waals surface area contributed by atoms with Crippen molar-refractivity contribution in [2.24, 2.45) is 10.7 Å². The van der Waals surface area contributed by atoms with E-state index < -0.39 is 9.84 Å². The van der Waals surface area contributed by atoms with Gasteiger partial charge in [0.2, 0.25) is 0 Å². The topological polar surface area (TPSA) is 75.8 Å². The van der Waals surface area contributed by atoms with Crippen LogP contribution in [0.1, 0.15) is 12.0 Å². The van der Waals surface area contributed by atoms with Gasteiger partial charge in [-0.3, -0.25) is 0 Å². The minimum absolute atomic E-state index is 0.161. The zero-order chi connectivity index (χ0) is 13.7. The molecule has 1 aliphatic rings. The van der Waals surface area contributed by atoms with Gasteiger partial charge in [0.1, 0.15) is 0 Å². The minimum Gasteiger partial charge on any atom is -0.370 e. The van der Waals surface area contributed by atoms with Gasteiger partial charge in [-0.25, -0.2) is 13.4 Å². The Hall–Kier alpha value is -1.56. The monoisotopic (exact) mass is 281 g/mol. The number of guanidine groups is 1. The van der Waals surface area contributed by atoms with Gasteiger partial charge < -0.3 is 10.6 Å². The van der Waals surface area contributed by atoms with E-state index in [1.807, 2.05) is 35.2 Å². The average molecular weight is 281 g/mol. The highest BCUT2D eigenvalue weighted by Crippen LogP contribution is 2.06. The van der Waals surface area contributed by atoms with Gasteiger partial charge in [-0.05, 0) is 12.0 Å². The third-order valence-corrected chi connectivity index (χ3v) is 4.86. The summed E-state index contributed by atoms with van der Waals surface area (Å²) in [6.07, 6.45) is 0.615. The molecule has 0 unspecified atom stereocenters. The fourth-order valence-electron chi connectivity index (χ4n) is 2.02. The molecule has 0 aliphatic carbocycles. The highest BCUT2D eigenvalue weighted by atomic mass is 32.2. The first-order valence-corrected chi connectivity index (χ1v) is 8.18. The lowest BCUT2D eigenvalue weighted by Crippen LogP contribution is -2.39. The lowest BCUT2D eigenvalue weighted by molar-refractivity contribution is 0.443. The molecule has 0 radical (unpaired) electrons. The zero-order valence-electron chi connectivity index (χ0n) is 10.8. The van der Waals surface area contributed by atoms with Gasteiger partial charge >= 0.3 is 0 Å². The zero-order valence-corrected chi connectivity index (χ0v) is 11.6. The van der Waals surface area contributed by atoms with E-state index in [1.54, 1.807) is 0 Å². The maximum atomic E-state index is 11.5. The number of benzene rings is 1. The van der Waals surface area contributed by atoms with Crippen LogP contribution in [0.2, 0.25) is 0 Å². The Morgan fingerprint density at radius 3 is 2.68 bits per heavy atom. The Kier molecular flexibility index (Phi) is 4.42. The largest absolute Gasteiger partial charge is 0.370 e. The van der Waals surface area contributed by atoms with Crippen molar-refractivity contribution in [3.8, 4) is 0 Å². The van der Waals surface area contributed by atoms with E-state index >= 15 is 0 Å². The molecule has 5 nitrogen and oxygen atoms in total. The van der Waals surface area contributed by atoms with Crippen molar-refractivity contribution in [2.75, 3.05) is 24.6 Å². The first-order chi connectivity index (χ1) is 9.07. The first kappa shape index (κ1) is 13.9. The van der Waals surface area contributed by atoms with Crippen LogP contribution in [0.25, 0.3) is 0 Å². The van der Waals surface area contributed by atoms with Crippen molar-refractivity contribution < 1.29 is 8.42 Å². The predicted octanol–water partition coefficient (Wildman–Crippen LogP) is 0.622. The van der Waals surface area contributed by atoms with Crippen LogP contribution in [-0.2, 0) is 16.4 Å². The van der Waals surface area contributed by atoms with Crippen molar-refractivity contribution in [2.45, 2.75) is 13.0 Å². The maximum Gasteiger partial charge on any atom is 0.191 e. The molecule has 2 N–H and O–H groups in total. The summed E-state index contributed by atoms with van der Waals surface area (Å²) in [5.74, 6) is 0.838. The van der Waals surface area contributed by atoms with E-state index in [0.29, 0.717) is 32.0 Å². The smallest absolute Gasteiger partial charge is 0.191 e. The van der Waals surface area contributed by atoms with Gasteiger partial charge in [-0.15, -0.1) is 0 Å². The Bertz CT molecular complexity index is 540. The molecule has 0 amide bonds. The molecule has 1 aliphatic heterocycles. The predicted molar refractivity (Wildman–Crippen MR) is 76.6 cm³/mol. The molecule has 2 rings (SSSR count).